The Bertz CT molecular complexity index is 913. The van der Waals surface area contributed by atoms with Gasteiger partial charge in [0.15, 0.2) is 0 Å². The average Bonchev–Trinajstić information content (AvgIpc) is 3.25. The van der Waals surface area contributed by atoms with Crippen LogP contribution >= 0.6 is 0 Å². The first-order chi connectivity index (χ1) is 17.9. The van der Waals surface area contributed by atoms with Crippen molar-refractivity contribution in [1.82, 2.24) is 0 Å². The van der Waals surface area contributed by atoms with E-state index in [1.54, 1.807) is 0 Å². The van der Waals surface area contributed by atoms with E-state index in [0.29, 0.717) is 42.4 Å². The second-order valence-electron chi connectivity index (χ2n) is 13.9. The van der Waals surface area contributed by atoms with Gasteiger partial charge in [-0.15, -0.1) is 0 Å². The van der Waals surface area contributed by atoms with E-state index < -0.39 is 35.2 Å². The fourth-order valence-corrected chi connectivity index (χ4v) is 9.79. The number of aliphatic hydroxyl groups is 1. The van der Waals surface area contributed by atoms with Crippen molar-refractivity contribution in [3.8, 4) is 0 Å². The summed E-state index contributed by atoms with van der Waals surface area (Å²) in [5.41, 5.74) is -1.35. The Balaban J connectivity index is 1.61. The molecule has 11 unspecified atom stereocenters. The van der Waals surface area contributed by atoms with Crippen molar-refractivity contribution in [2.24, 2.45) is 46.3 Å². The van der Waals surface area contributed by atoms with Gasteiger partial charge in [0.05, 0.1) is 0 Å². The Kier molecular flexibility index (Phi) is 8.58. The highest BCUT2D eigenvalue weighted by Crippen LogP contribution is 2.69. The first-order valence-electron chi connectivity index (χ1n) is 15.3. The number of hydrogen-bond acceptors (Lipinski definition) is 5. The van der Waals surface area contributed by atoms with Crippen molar-refractivity contribution in [2.45, 2.75) is 123 Å². The molecule has 0 aromatic heterocycles. The van der Waals surface area contributed by atoms with Gasteiger partial charge >= 0.3 is 11.9 Å². The number of carbonyl (C=O) groups is 2. The number of fused-ring (bicyclic) bond motifs is 5. The van der Waals surface area contributed by atoms with Gasteiger partial charge in [0, 0.05) is 24.0 Å². The summed E-state index contributed by atoms with van der Waals surface area (Å²) in [5, 5.41) is 12.4. The molecule has 0 saturated heterocycles. The normalized spacial score (nSPS) is 43.5. The molecule has 0 amide bonds. The molecular formula is C33H52O5. The molecule has 1 N–H and O–H groups in total. The monoisotopic (exact) mass is 528 g/mol. The van der Waals surface area contributed by atoms with Crippen molar-refractivity contribution in [3.05, 3.63) is 25.3 Å². The number of esters is 2. The molecule has 4 aliphatic rings. The fourth-order valence-electron chi connectivity index (χ4n) is 9.79. The lowest BCUT2D eigenvalue weighted by atomic mass is 9.42. The molecule has 0 bridgehead atoms. The van der Waals surface area contributed by atoms with E-state index >= 15 is 0 Å². The molecule has 5 heteroatoms. The van der Waals surface area contributed by atoms with Crippen LogP contribution in [-0.2, 0) is 19.1 Å². The van der Waals surface area contributed by atoms with Gasteiger partial charge < -0.3 is 14.6 Å². The van der Waals surface area contributed by atoms with Crippen molar-refractivity contribution in [3.63, 3.8) is 0 Å². The van der Waals surface area contributed by atoms with Gasteiger partial charge in [0.1, 0.15) is 17.8 Å². The third-order valence-corrected chi connectivity index (χ3v) is 12.2. The number of hydrogen-bond donors (Lipinski definition) is 1. The zero-order valence-electron chi connectivity index (χ0n) is 24.5. The van der Waals surface area contributed by atoms with Crippen LogP contribution in [0.15, 0.2) is 25.3 Å². The Labute approximate surface area is 230 Å². The highest BCUT2D eigenvalue weighted by molar-refractivity contribution is 5.81. The summed E-state index contributed by atoms with van der Waals surface area (Å²) >= 11 is 0. The van der Waals surface area contributed by atoms with Crippen LogP contribution in [0.25, 0.3) is 0 Å². The Morgan fingerprint density at radius 2 is 1.66 bits per heavy atom. The molecule has 214 valence electrons. The predicted octanol–water partition coefficient (Wildman–Crippen LogP) is 7.03. The average molecular weight is 529 g/mol. The predicted molar refractivity (Wildman–Crippen MR) is 150 cm³/mol. The van der Waals surface area contributed by atoms with Gasteiger partial charge in [-0.25, -0.2) is 9.59 Å². The first kappa shape index (κ1) is 29.4. The van der Waals surface area contributed by atoms with E-state index in [1.165, 1.54) is 50.7 Å². The molecule has 0 aliphatic heterocycles. The van der Waals surface area contributed by atoms with Crippen LogP contribution in [0, 0.1) is 46.3 Å². The zero-order chi connectivity index (χ0) is 27.9. The van der Waals surface area contributed by atoms with Crippen molar-refractivity contribution in [1.29, 1.82) is 0 Å². The number of rotatable bonds is 9. The summed E-state index contributed by atoms with van der Waals surface area (Å²) < 4.78 is 11.6. The Morgan fingerprint density at radius 3 is 2.32 bits per heavy atom. The highest BCUT2D eigenvalue weighted by atomic mass is 16.6. The molecule has 0 aromatic rings. The van der Waals surface area contributed by atoms with E-state index in [1.807, 2.05) is 0 Å². The minimum Gasteiger partial charge on any atom is -0.459 e. The summed E-state index contributed by atoms with van der Waals surface area (Å²) in [4.78, 5) is 24.5. The molecule has 4 saturated carbocycles. The molecule has 38 heavy (non-hydrogen) atoms. The van der Waals surface area contributed by atoms with Crippen molar-refractivity contribution >= 4 is 11.9 Å². The summed E-state index contributed by atoms with van der Waals surface area (Å²) in [7, 11) is 0. The number of ether oxygens (including phenoxy) is 2. The zero-order valence-corrected chi connectivity index (χ0v) is 24.5. The minimum atomic E-state index is -1.24. The largest absolute Gasteiger partial charge is 0.459 e. The van der Waals surface area contributed by atoms with E-state index in [4.69, 9.17) is 9.47 Å². The third-order valence-electron chi connectivity index (χ3n) is 12.2. The Morgan fingerprint density at radius 1 is 0.974 bits per heavy atom. The minimum absolute atomic E-state index is 0.290. The molecule has 0 radical (unpaired) electrons. The standard InChI is InChI=1S/C33H52O5/c1-8-21(4)11-12-22(5)25-13-14-26-24-19-28(38-30(35)10-3)33(36)20-23(37-29(34)9-2)15-18-32(33,7)27(24)16-17-31(25,26)6/h9-10,21-28,36H,2-3,8,11-20H2,1,4-7H3. The molecule has 4 rings (SSSR count). The van der Waals surface area contributed by atoms with Crippen molar-refractivity contribution < 1.29 is 24.2 Å². The van der Waals surface area contributed by atoms with Crippen LogP contribution in [-0.4, -0.2) is 34.9 Å². The highest BCUT2D eigenvalue weighted by Gasteiger charge is 2.69. The molecule has 4 aliphatic carbocycles. The van der Waals surface area contributed by atoms with Crippen LogP contribution in [0.2, 0.25) is 0 Å². The van der Waals surface area contributed by atoms with Crippen LogP contribution in [0.5, 0.6) is 0 Å². The summed E-state index contributed by atoms with van der Waals surface area (Å²) in [6.07, 6.45) is 12.4. The van der Waals surface area contributed by atoms with E-state index in [-0.39, 0.29) is 0 Å². The van der Waals surface area contributed by atoms with Gasteiger partial charge in [0.2, 0.25) is 0 Å². The van der Waals surface area contributed by atoms with Crippen molar-refractivity contribution in [2.75, 3.05) is 0 Å². The maximum Gasteiger partial charge on any atom is 0.330 e. The molecule has 0 aromatic carbocycles. The maximum absolute atomic E-state index is 12.5. The topological polar surface area (TPSA) is 72.8 Å². The van der Waals surface area contributed by atoms with Gasteiger partial charge in [-0.3, -0.25) is 0 Å². The number of carbonyl (C=O) groups excluding carboxylic acids is 2. The molecule has 0 heterocycles. The van der Waals surface area contributed by atoms with E-state index in [0.717, 1.165) is 30.6 Å². The Hall–Kier alpha value is -1.62. The van der Waals surface area contributed by atoms with Crippen LogP contribution in [0.1, 0.15) is 105 Å². The van der Waals surface area contributed by atoms with Crippen LogP contribution < -0.4 is 0 Å². The smallest absolute Gasteiger partial charge is 0.330 e. The van der Waals surface area contributed by atoms with Gasteiger partial charge in [-0.05, 0) is 85.9 Å². The second kappa shape index (κ2) is 11.1. The quantitative estimate of drug-likeness (QED) is 0.257. The molecule has 4 fully saturated rings. The summed E-state index contributed by atoms with van der Waals surface area (Å²) in [6, 6.07) is 0. The van der Waals surface area contributed by atoms with Gasteiger partial charge in [0.25, 0.3) is 0 Å². The van der Waals surface area contributed by atoms with Crippen LogP contribution in [0.3, 0.4) is 0 Å². The molecule has 5 nitrogen and oxygen atoms in total. The lowest BCUT2D eigenvalue weighted by Crippen LogP contribution is -2.69. The fraction of sp³-hybridized carbons (Fsp3) is 0.818. The van der Waals surface area contributed by atoms with E-state index in [9.17, 15) is 14.7 Å². The lowest BCUT2D eigenvalue weighted by molar-refractivity contribution is -0.270. The van der Waals surface area contributed by atoms with Gasteiger partial charge in [-0.2, -0.15) is 0 Å². The summed E-state index contributed by atoms with van der Waals surface area (Å²) in [6.45, 7) is 19.0. The van der Waals surface area contributed by atoms with Crippen LogP contribution in [0.4, 0.5) is 0 Å². The first-order valence-corrected chi connectivity index (χ1v) is 15.3. The maximum atomic E-state index is 12.5. The molecule has 0 spiro atoms. The molecule has 11 atom stereocenters. The third kappa shape index (κ3) is 4.90. The second-order valence-corrected chi connectivity index (χ2v) is 13.9. The SMILES string of the molecule is C=CC(=O)OC1CCC2(C)C3CCC4(C)C(C(C)CCC(C)CC)CCC4C3CC(OC(=O)C=C)C2(O)C1. The summed E-state index contributed by atoms with van der Waals surface area (Å²) in [5.74, 6) is 2.65. The van der Waals surface area contributed by atoms with Gasteiger partial charge in [-0.1, -0.05) is 67.0 Å². The molecular weight excluding hydrogens is 476 g/mol. The van der Waals surface area contributed by atoms with E-state index in [2.05, 4.69) is 47.8 Å². The lowest BCUT2D eigenvalue weighted by Gasteiger charge is -2.65.